The summed E-state index contributed by atoms with van der Waals surface area (Å²) in [5.41, 5.74) is 1.10. The second kappa shape index (κ2) is 9.19. The van der Waals surface area contributed by atoms with Crippen molar-refractivity contribution in [3.8, 4) is 5.75 Å². The molecule has 0 spiro atoms. The Hall–Kier alpha value is -2.86. The van der Waals surface area contributed by atoms with Gasteiger partial charge in [0.05, 0.1) is 12.5 Å². The molecular weight excluding hydrogens is 370 g/mol. The molecule has 27 heavy (non-hydrogen) atoms. The van der Waals surface area contributed by atoms with E-state index in [4.69, 9.17) is 21.4 Å². The van der Waals surface area contributed by atoms with E-state index >= 15 is 0 Å². The number of carboxylic acid groups (broad SMARTS) is 1. The fourth-order valence-corrected chi connectivity index (χ4v) is 2.58. The SMILES string of the molecule is CC(=O)c1cccc(OC(C)C(=O)N[C@@H](CC(=O)O)c2ccc(Cl)cc2)c1. The van der Waals surface area contributed by atoms with Gasteiger partial charge in [-0.25, -0.2) is 0 Å². The van der Waals surface area contributed by atoms with Crippen LogP contribution in [0.5, 0.6) is 5.75 Å². The molecule has 6 nitrogen and oxygen atoms in total. The predicted octanol–water partition coefficient (Wildman–Crippen LogP) is 3.64. The van der Waals surface area contributed by atoms with E-state index in [-0.39, 0.29) is 12.2 Å². The van der Waals surface area contributed by atoms with Gasteiger partial charge in [-0.15, -0.1) is 0 Å². The first kappa shape index (κ1) is 20.5. The summed E-state index contributed by atoms with van der Waals surface area (Å²) in [4.78, 5) is 35.1. The van der Waals surface area contributed by atoms with Gasteiger partial charge < -0.3 is 15.2 Å². The lowest BCUT2D eigenvalue weighted by Crippen LogP contribution is -2.39. The van der Waals surface area contributed by atoms with Crippen LogP contribution in [0.15, 0.2) is 48.5 Å². The minimum atomic E-state index is -1.04. The Bertz CT molecular complexity index is 835. The lowest BCUT2D eigenvalue weighted by atomic mass is 10.0. The Labute approximate surface area is 162 Å². The Balaban J connectivity index is 2.09. The molecule has 1 unspecified atom stereocenters. The standard InChI is InChI=1S/C20H20ClNO5/c1-12(23)15-4-3-5-17(10-15)27-13(2)20(26)22-18(11-19(24)25)14-6-8-16(21)9-7-14/h3-10,13,18H,11H2,1-2H3,(H,22,26)(H,24,25)/t13?,18-/m0/s1. The van der Waals surface area contributed by atoms with Crippen LogP contribution in [0.2, 0.25) is 5.02 Å². The van der Waals surface area contributed by atoms with Crippen LogP contribution in [-0.4, -0.2) is 28.9 Å². The first-order valence-electron chi connectivity index (χ1n) is 8.31. The van der Waals surface area contributed by atoms with Crippen molar-refractivity contribution >= 4 is 29.3 Å². The first-order chi connectivity index (χ1) is 12.8. The molecule has 2 aromatic rings. The number of rotatable bonds is 8. The normalized spacial score (nSPS) is 12.7. The average Bonchev–Trinajstić information content (AvgIpc) is 2.61. The smallest absolute Gasteiger partial charge is 0.305 e. The first-order valence-corrected chi connectivity index (χ1v) is 8.69. The molecule has 7 heteroatoms. The van der Waals surface area contributed by atoms with Gasteiger partial charge in [-0.3, -0.25) is 14.4 Å². The molecule has 0 heterocycles. The van der Waals surface area contributed by atoms with Crippen LogP contribution < -0.4 is 10.1 Å². The molecule has 0 radical (unpaired) electrons. The molecule has 0 saturated carbocycles. The van der Waals surface area contributed by atoms with Crippen molar-refractivity contribution in [2.24, 2.45) is 0 Å². The third kappa shape index (κ3) is 6.11. The second-order valence-electron chi connectivity index (χ2n) is 6.05. The van der Waals surface area contributed by atoms with E-state index in [0.717, 1.165) is 0 Å². The number of ketones is 1. The molecule has 0 bridgehead atoms. The number of nitrogens with one attached hydrogen (secondary N) is 1. The quantitative estimate of drug-likeness (QED) is 0.672. The van der Waals surface area contributed by atoms with Gasteiger partial charge in [-0.05, 0) is 43.7 Å². The topological polar surface area (TPSA) is 92.7 Å². The number of aliphatic carboxylic acids is 1. The monoisotopic (exact) mass is 389 g/mol. The van der Waals surface area contributed by atoms with Crippen LogP contribution in [0.4, 0.5) is 0 Å². The number of ether oxygens (including phenoxy) is 1. The van der Waals surface area contributed by atoms with Gasteiger partial charge in [0.2, 0.25) is 0 Å². The number of Topliss-reactive ketones (excluding diaryl/α,β-unsaturated/α-hetero) is 1. The van der Waals surface area contributed by atoms with Crippen molar-refractivity contribution in [2.45, 2.75) is 32.4 Å². The lowest BCUT2D eigenvalue weighted by molar-refractivity contribution is -0.138. The molecule has 2 rings (SSSR count). The Morgan fingerprint density at radius 3 is 2.41 bits per heavy atom. The number of carboxylic acids is 1. The highest BCUT2D eigenvalue weighted by Gasteiger charge is 2.22. The van der Waals surface area contributed by atoms with Gasteiger partial charge in [-0.2, -0.15) is 0 Å². The number of hydrogen-bond acceptors (Lipinski definition) is 4. The second-order valence-corrected chi connectivity index (χ2v) is 6.49. The summed E-state index contributed by atoms with van der Waals surface area (Å²) in [6.07, 6.45) is -1.16. The number of halogens is 1. The summed E-state index contributed by atoms with van der Waals surface area (Å²) in [5, 5.41) is 12.3. The van der Waals surface area contributed by atoms with Gasteiger partial charge in [0.1, 0.15) is 5.75 Å². The zero-order valence-corrected chi connectivity index (χ0v) is 15.7. The van der Waals surface area contributed by atoms with Gasteiger partial charge in [-0.1, -0.05) is 35.9 Å². The average molecular weight is 390 g/mol. The maximum Gasteiger partial charge on any atom is 0.305 e. The molecular formula is C20H20ClNO5. The molecule has 0 aromatic heterocycles. The molecule has 0 aliphatic carbocycles. The predicted molar refractivity (Wildman–Crippen MR) is 101 cm³/mol. The molecule has 2 atom stereocenters. The number of amides is 1. The van der Waals surface area contributed by atoms with Crippen molar-refractivity contribution in [2.75, 3.05) is 0 Å². The molecule has 0 aliphatic heterocycles. The van der Waals surface area contributed by atoms with E-state index in [1.54, 1.807) is 55.5 Å². The minimum absolute atomic E-state index is 0.109. The molecule has 142 valence electrons. The van der Waals surface area contributed by atoms with Crippen molar-refractivity contribution in [3.63, 3.8) is 0 Å². The van der Waals surface area contributed by atoms with E-state index in [1.807, 2.05) is 0 Å². The molecule has 1 amide bonds. The summed E-state index contributed by atoms with van der Waals surface area (Å²) in [5.74, 6) is -1.24. The minimum Gasteiger partial charge on any atom is -0.481 e. The van der Waals surface area contributed by atoms with Crippen molar-refractivity contribution in [1.82, 2.24) is 5.32 Å². The van der Waals surface area contributed by atoms with Gasteiger partial charge in [0.15, 0.2) is 11.9 Å². The van der Waals surface area contributed by atoms with E-state index in [2.05, 4.69) is 5.32 Å². The lowest BCUT2D eigenvalue weighted by Gasteiger charge is -2.21. The maximum absolute atomic E-state index is 12.5. The zero-order valence-electron chi connectivity index (χ0n) is 14.9. The van der Waals surface area contributed by atoms with Crippen molar-refractivity contribution in [1.29, 1.82) is 0 Å². The summed E-state index contributed by atoms with van der Waals surface area (Å²) in [6, 6.07) is 12.4. The van der Waals surface area contributed by atoms with E-state index in [0.29, 0.717) is 21.9 Å². The van der Waals surface area contributed by atoms with E-state index < -0.39 is 24.0 Å². The largest absolute Gasteiger partial charge is 0.481 e. The molecule has 0 aliphatic rings. The third-order valence-electron chi connectivity index (χ3n) is 3.89. The molecule has 0 saturated heterocycles. The fourth-order valence-electron chi connectivity index (χ4n) is 2.46. The van der Waals surface area contributed by atoms with Crippen LogP contribution in [0.1, 0.15) is 42.2 Å². The summed E-state index contributed by atoms with van der Waals surface area (Å²) < 4.78 is 5.60. The number of benzene rings is 2. The number of carbonyl (C=O) groups is 3. The van der Waals surface area contributed by atoms with E-state index in [9.17, 15) is 14.4 Å². The summed E-state index contributed by atoms with van der Waals surface area (Å²) in [7, 11) is 0. The third-order valence-corrected chi connectivity index (χ3v) is 4.14. The molecule has 2 N–H and O–H groups in total. The van der Waals surface area contributed by atoms with Gasteiger partial charge in [0, 0.05) is 10.6 Å². The summed E-state index contributed by atoms with van der Waals surface area (Å²) in [6.45, 7) is 2.99. The van der Waals surface area contributed by atoms with Crippen LogP contribution >= 0.6 is 11.6 Å². The van der Waals surface area contributed by atoms with Crippen molar-refractivity contribution < 1.29 is 24.2 Å². The Morgan fingerprint density at radius 2 is 1.81 bits per heavy atom. The zero-order chi connectivity index (χ0) is 20.0. The maximum atomic E-state index is 12.5. The van der Waals surface area contributed by atoms with Crippen LogP contribution in [0.25, 0.3) is 0 Å². The fraction of sp³-hybridized carbons (Fsp3) is 0.250. The van der Waals surface area contributed by atoms with Gasteiger partial charge in [0.25, 0.3) is 5.91 Å². The highest BCUT2D eigenvalue weighted by Crippen LogP contribution is 2.21. The molecule has 2 aromatic carbocycles. The van der Waals surface area contributed by atoms with Gasteiger partial charge >= 0.3 is 5.97 Å². The Morgan fingerprint density at radius 1 is 1.15 bits per heavy atom. The number of carbonyl (C=O) groups excluding carboxylic acids is 2. The van der Waals surface area contributed by atoms with Crippen LogP contribution in [0.3, 0.4) is 0 Å². The molecule has 0 fully saturated rings. The van der Waals surface area contributed by atoms with E-state index in [1.165, 1.54) is 6.92 Å². The van der Waals surface area contributed by atoms with Crippen LogP contribution in [-0.2, 0) is 9.59 Å². The Kier molecular flexibility index (Phi) is 6.96. The summed E-state index contributed by atoms with van der Waals surface area (Å²) >= 11 is 5.86. The van der Waals surface area contributed by atoms with Crippen LogP contribution in [0, 0.1) is 0 Å². The van der Waals surface area contributed by atoms with Crippen molar-refractivity contribution in [3.05, 3.63) is 64.7 Å². The highest BCUT2D eigenvalue weighted by atomic mass is 35.5. The highest BCUT2D eigenvalue weighted by molar-refractivity contribution is 6.30. The number of hydrogen-bond donors (Lipinski definition) is 2.